The van der Waals surface area contributed by atoms with Crippen LogP contribution in [0.15, 0.2) is 29.2 Å². The quantitative estimate of drug-likeness (QED) is 0.756. The molecule has 0 aliphatic carbocycles. The standard InChI is InChI=1S/C13H18ClNO2S/c1-3-15-13(2,12(16)17)7-8-18-11-6-4-5-10(14)9-11/h4-6,9,15H,3,7-8H2,1-2H3,(H,16,17). The topological polar surface area (TPSA) is 49.3 Å². The van der Waals surface area contributed by atoms with Crippen LogP contribution in [0.1, 0.15) is 20.3 Å². The van der Waals surface area contributed by atoms with Crippen LogP contribution in [0.3, 0.4) is 0 Å². The normalized spacial score (nSPS) is 14.2. The monoisotopic (exact) mass is 287 g/mol. The summed E-state index contributed by atoms with van der Waals surface area (Å²) in [5.41, 5.74) is -0.861. The molecule has 1 aromatic carbocycles. The van der Waals surface area contributed by atoms with E-state index in [-0.39, 0.29) is 0 Å². The molecule has 1 unspecified atom stereocenters. The fraction of sp³-hybridized carbons (Fsp3) is 0.462. The number of rotatable bonds is 7. The van der Waals surface area contributed by atoms with Gasteiger partial charge in [0.1, 0.15) is 5.54 Å². The third kappa shape index (κ3) is 4.52. The minimum atomic E-state index is -0.861. The van der Waals surface area contributed by atoms with Gasteiger partial charge in [0, 0.05) is 15.7 Å². The fourth-order valence-corrected chi connectivity index (χ4v) is 2.98. The van der Waals surface area contributed by atoms with Crippen molar-refractivity contribution in [2.45, 2.75) is 30.7 Å². The molecule has 0 heterocycles. The molecule has 0 aliphatic heterocycles. The van der Waals surface area contributed by atoms with Crippen molar-refractivity contribution in [1.82, 2.24) is 5.32 Å². The zero-order chi connectivity index (χ0) is 13.6. The zero-order valence-corrected chi connectivity index (χ0v) is 12.1. The Hall–Kier alpha value is -0.710. The molecule has 0 fully saturated rings. The van der Waals surface area contributed by atoms with Gasteiger partial charge in [-0.1, -0.05) is 24.6 Å². The Balaban J connectivity index is 2.51. The van der Waals surface area contributed by atoms with Crippen LogP contribution in [0, 0.1) is 0 Å². The average molecular weight is 288 g/mol. The van der Waals surface area contributed by atoms with Gasteiger partial charge in [0.25, 0.3) is 0 Å². The number of nitrogens with one attached hydrogen (secondary N) is 1. The van der Waals surface area contributed by atoms with Gasteiger partial charge in [0.05, 0.1) is 0 Å². The molecule has 1 rings (SSSR count). The average Bonchev–Trinajstić information content (AvgIpc) is 2.29. The summed E-state index contributed by atoms with van der Waals surface area (Å²) < 4.78 is 0. The highest BCUT2D eigenvalue weighted by Crippen LogP contribution is 2.24. The van der Waals surface area contributed by atoms with E-state index in [0.717, 1.165) is 10.6 Å². The van der Waals surface area contributed by atoms with Gasteiger partial charge in [-0.05, 0) is 38.1 Å². The van der Waals surface area contributed by atoms with Gasteiger partial charge in [-0.3, -0.25) is 4.79 Å². The summed E-state index contributed by atoms with van der Waals surface area (Å²) in [4.78, 5) is 12.3. The Morgan fingerprint density at radius 3 is 2.83 bits per heavy atom. The van der Waals surface area contributed by atoms with E-state index in [4.69, 9.17) is 11.6 Å². The molecule has 1 atom stereocenters. The van der Waals surface area contributed by atoms with Crippen molar-refractivity contribution in [2.24, 2.45) is 0 Å². The smallest absolute Gasteiger partial charge is 0.323 e. The molecule has 18 heavy (non-hydrogen) atoms. The first-order valence-corrected chi connectivity index (χ1v) is 7.21. The first kappa shape index (κ1) is 15.3. The highest BCUT2D eigenvalue weighted by molar-refractivity contribution is 7.99. The second kappa shape index (κ2) is 7.02. The molecule has 100 valence electrons. The minimum Gasteiger partial charge on any atom is -0.480 e. The predicted octanol–water partition coefficient (Wildman–Crippen LogP) is 3.28. The highest BCUT2D eigenvalue weighted by Gasteiger charge is 2.31. The van der Waals surface area contributed by atoms with E-state index in [9.17, 15) is 9.90 Å². The Bertz CT molecular complexity index is 414. The van der Waals surface area contributed by atoms with Gasteiger partial charge in [-0.2, -0.15) is 0 Å². The second-order valence-electron chi connectivity index (χ2n) is 4.22. The lowest BCUT2D eigenvalue weighted by atomic mass is 9.99. The number of halogens is 1. The van der Waals surface area contributed by atoms with Crippen LogP contribution in [0.4, 0.5) is 0 Å². The van der Waals surface area contributed by atoms with Gasteiger partial charge in [-0.25, -0.2) is 0 Å². The van der Waals surface area contributed by atoms with Gasteiger partial charge < -0.3 is 10.4 Å². The molecule has 0 spiro atoms. The van der Waals surface area contributed by atoms with E-state index in [1.54, 1.807) is 18.7 Å². The van der Waals surface area contributed by atoms with Crippen molar-refractivity contribution in [2.75, 3.05) is 12.3 Å². The second-order valence-corrected chi connectivity index (χ2v) is 5.83. The largest absolute Gasteiger partial charge is 0.480 e. The number of likely N-dealkylation sites (N-methyl/N-ethyl adjacent to an activating group) is 1. The number of hydrogen-bond acceptors (Lipinski definition) is 3. The first-order valence-electron chi connectivity index (χ1n) is 5.85. The van der Waals surface area contributed by atoms with Crippen molar-refractivity contribution in [3.63, 3.8) is 0 Å². The summed E-state index contributed by atoms with van der Waals surface area (Å²) in [6.45, 7) is 4.27. The van der Waals surface area contributed by atoms with Crippen LogP contribution in [0.25, 0.3) is 0 Å². The third-order valence-electron chi connectivity index (χ3n) is 2.71. The van der Waals surface area contributed by atoms with Crippen molar-refractivity contribution in [1.29, 1.82) is 0 Å². The molecule has 2 N–H and O–H groups in total. The van der Waals surface area contributed by atoms with Gasteiger partial charge >= 0.3 is 5.97 Å². The van der Waals surface area contributed by atoms with Crippen LogP contribution >= 0.6 is 23.4 Å². The molecule has 0 bridgehead atoms. The molecule has 5 heteroatoms. The minimum absolute atomic E-state index is 0.563. The van der Waals surface area contributed by atoms with E-state index in [0.29, 0.717) is 18.0 Å². The number of hydrogen-bond donors (Lipinski definition) is 2. The van der Waals surface area contributed by atoms with Crippen LogP contribution in [-0.2, 0) is 4.79 Å². The molecule has 0 saturated heterocycles. The number of thioether (sulfide) groups is 1. The molecule has 0 saturated carbocycles. The third-order valence-corrected chi connectivity index (χ3v) is 3.94. The molecule has 0 amide bonds. The van der Waals surface area contributed by atoms with Crippen LogP contribution in [0.5, 0.6) is 0 Å². The summed E-state index contributed by atoms with van der Waals surface area (Å²) in [6, 6.07) is 7.58. The van der Waals surface area contributed by atoms with Crippen molar-refractivity contribution in [3.05, 3.63) is 29.3 Å². The van der Waals surface area contributed by atoms with Crippen molar-refractivity contribution in [3.8, 4) is 0 Å². The number of benzene rings is 1. The summed E-state index contributed by atoms with van der Waals surface area (Å²) in [5, 5.41) is 12.9. The van der Waals surface area contributed by atoms with Crippen LogP contribution < -0.4 is 5.32 Å². The zero-order valence-electron chi connectivity index (χ0n) is 10.6. The maximum absolute atomic E-state index is 11.2. The number of carboxylic acids is 1. The molecule has 3 nitrogen and oxygen atoms in total. The Morgan fingerprint density at radius 2 is 2.28 bits per heavy atom. The predicted molar refractivity (Wildman–Crippen MR) is 76.5 cm³/mol. The number of carbonyl (C=O) groups is 1. The van der Waals surface area contributed by atoms with Gasteiger partial charge in [0.2, 0.25) is 0 Å². The van der Waals surface area contributed by atoms with E-state index >= 15 is 0 Å². The lowest BCUT2D eigenvalue weighted by Gasteiger charge is -2.25. The summed E-state index contributed by atoms with van der Waals surface area (Å²) >= 11 is 7.51. The Morgan fingerprint density at radius 1 is 1.56 bits per heavy atom. The van der Waals surface area contributed by atoms with E-state index in [1.165, 1.54) is 0 Å². The SMILES string of the molecule is CCNC(C)(CCSc1cccc(Cl)c1)C(=O)O. The molecular weight excluding hydrogens is 270 g/mol. The number of carboxylic acid groups (broad SMARTS) is 1. The molecule has 0 radical (unpaired) electrons. The van der Waals surface area contributed by atoms with E-state index < -0.39 is 11.5 Å². The van der Waals surface area contributed by atoms with Crippen LogP contribution in [-0.4, -0.2) is 28.9 Å². The highest BCUT2D eigenvalue weighted by atomic mass is 35.5. The summed E-state index contributed by atoms with van der Waals surface area (Å²) in [7, 11) is 0. The van der Waals surface area contributed by atoms with Gasteiger partial charge in [0.15, 0.2) is 0 Å². The fourth-order valence-electron chi connectivity index (χ4n) is 1.59. The number of aliphatic carboxylic acids is 1. The first-order chi connectivity index (χ1) is 8.48. The van der Waals surface area contributed by atoms with Crippen molar-refractivity contribution >= 4 is 29.3 Å². The summed E-state index contributed by atoms with van der Waals surface area (Å²) in [6.07, 6.45) is 0.563. The Kier molecular flexibility index (Phi) is 5.99. The lowest BCUT2D eigenvalue weighted by Crippen LogP contribution is -2.49. The Labute approximate surface area is 117 Å². The maximum Gasteiger partial charge on any atom is 0.323 e. The molecule has 1 aromatic rings. The van der Waals surface area contributed by atoms with E-state index in [2.05, 4.69) is 5.32 Å². The maximum atomic E-state index is 11.2. The van der Waals surface area contributed by atoms with Crippen molar-refractivity contribution < 1.29 is 9.90 Å². The van der Waals surface area contributed by atoms with E-state index in [1.807, 2.05) is 31.2 Å². The molecule has 0 aromatic heterocycles. The van der Waals surface area contributed by atoms with Gasteiger partial charge in [-0.15, -0.1) is 11.8 Å². The lowest BCUT2D eigenvalue weighted by molar-refractivity contribution is -0.144. The molecule has 0 aliphatic rings. The molecular formula is C13H18ClNO2S. The van der Waals surface area contributed by atoms with Crippen LogP contribution in [0.2, 0.25) is 5.02 Å². The summed E-state index contributed by atoms with van der Waals surface area (Å²) in [5.74, 6) is -0.0769.